The van der Waals surface area contributed by atoms with Crippen molar-refractivity contribution >= 4 is 11.9 Å². The Hall–Kier alpha value is -1.56. The number of aliphatic hydroxyl groups excluding tert-OH is 3. The van der Waals surface area contributed by atoms with E-state index >= 15 is 0 Å². The highest BCUT2D eigenvalue weighted by atomic mass is 16.7. The molecular formula is C39H65NO9. The van der Waals surface area contributed by atoms with Crippen molar-refractivity contribution in [3.05, 3.63) is 12.2 Å². The van der Waals surface area contributed by atoms with Crippen LogP contribution in [0.5, 0.6) is 0 Å². The number of allylic oxidation sites excluding steroid dienone is 1. The standard InChI is InChI=1S/C39H65NO9/c1-23(2)25-12-18-39(24(25)3,34(45)46)20-19-36(6)15-10-11-28-37(7)16-14-29(35(4,5)27(37)13-17-38(28,36)8)49-30(42)21-40(47-9)33-32(44)31(43)26(41)22-48-33/h24-29,31-33,41,43-44H,1,10-22H2,2-9H3,(H,45,46)/t24?,25-,26+,27?,28?,29-,31?,32-,33+,36-,37-,38+,39-/m0/s1. The number of nitrogens with zero attached hydrogens (tertiary/aromatic N) is 1. The van der Waals surface area contributed by atoms with Gasteiger partial charge in [-0.3, -0.25) is 14.4 Å². The maximum Gasteiger partial charge on any atom is 0.323 e. The van der Waals surface area contributed by atoms with Gasteiger partial charge in [-0.2, -0.15) is 0 Å². The molecule has 1 heterocycles. The van der Waals surface area contributed by atoms with E-state index in [1.807, 2.05) is 6.92 Å². The Morgan fingerprint density at radius 3 is 2.22 bits per heavy atom. The molecule has 4 N–H and O–H groups in total. The molecule has 280 valence electrons. The van der Waals surface area contributed by atoms with Crippen molar-refractivity contribution in [1.82, 2.24) is 5.06 Å². The van der Waals surface area contributed by atoms with Gasteiger partial charge in [0.15, 0.2) is 6.23 Å². The van der Waals surface area contributed by atoms with Crippen LogP contribution in [-0.2, 0) is 23.9 Å². The number of fused-ring (bicyclic) bond motifs is 3. The van der Waals surface area contributed by atoms with Crippen LogP contribution in [0.25, 0.3) is 0 Å². The van der Waals surface area contributed by atoms with Crippen LogP contribution in [0.3, 0.4) is 0 Å². The van der Waals surface area contributed by atoms with Gasteiger partial charge in [0.2, 0.25) is 0 Å². The average Bonchev–Trinajstić information content (AvgIpc) is 3.37. The highest BCUT2D eigenvalue weighted by molar-refractivity contribution is 5.75. The lowest BCUT2D eigenvalue weighted by Crippen LogP contribution is -2.63. The molecular weight excluding hydrogens is 626 g/mol. The topological polar surface area (TPSA) is 146 Å². The van der Waals surface area contributed by atoms with E-state index in [0.29, 0.717) is 11.8 Å². The number of carbonyl (C=O) groups is 2. The van der Waals surface area contributed by atoms with Gasteiger partial charge >= 0.3 is 11.9 Å². The van der Waals surface area contributed by atoms with E-state index in [0.717, 1.165) is 74.8 Å². The first-order valence-electron chi connectivity index (χ1n) is 18.8. The van der Waals surface area contributed by atoms with E-state index in [4.69, 9.17) is 14.3 Å². The van der Waals surface area contributed by atoms with Crippen LogP contribution in [0.2, 0.25) is 0 Å². The number of hydrogen-bond donors (Lipinski definition) is 4. The Labute approximate surface area is 293 Å². The minimum Gasteiger partial charge on any atom is -0.481 e. The largest absolute Gasteiger partial charge is 0.481 e. The number of carbonyl (C=O) groups excluding carboxylic acids is 1. The van der Waals surface area contributed by atoms with Gasteiger partial charge in [-0.25, -0.2) is 0 Å². The van der Waals surface area contributed by atoms with Gasteiger partial charge in [-0.05, 0) is 111 Å². The van der Waals surface area contributed by atoms with Crippen molar-refractivity contribution < 1.29 is 44.3 Å². The average molecular weight is 692 g/mol. The number of rotatable bonds is 10. The Kier molecular flexibility index (Phi) is 10.9. The highest BCUT2D eigenvalue weighted by Crippen LogP contribution is 2.72. The number of aliphatic carboxylic acids is 1. The lowest BCUT2D eigenvalue weighted by atomic mass is 9.36. The number of carboxylic acid groups (broad SMARTS) is 1. The molecule has 0 amide bonds. The smallest absolute Gasteiger partial charge is 0.323 e. The van der Waals surface area contributed by atoms with E-state index < -0.39 is 41.9 Å². The summed E-state index contributed by atoms with van der Waals surface area (Å²) in [7, 11) is 1.36. The lowest BCUT2D eigenvalue weighted by molar-refractivity contribution is -0.305. The molecule has 10 nitrogen and oxygen atoms in total. The van der Waals surface area contributed by atoms with Gasteiger partial charge in [0.1, 0.15) is 31.0 Å². The molecule has 0 aromatic heterocycles. The van der Waals surface area contributed by atoms with Crippen LogP contribution >= 0.6 is 0 Å². The zero-order valence-electron chi connectivity index (χ0n) is 31.4. The first-order chi connectivity index (χ1) is 22.8. The van der Waals surface area contributed by atoms with E-state index in [1.165, 1.54) is 13.5 Å². The summed E-state index contributed by atoms with van der Waals surface area (Å²) in [6.45, 7) is 19.8. The number of aliphatic hydroxyl groups is 3. The van der Waals surface area contributed by atoms with Gasteiger partial charge in [0, 0.05) is 5.41 Å². The molecule has 0 aromatic carbocycles. The third kappa shape index (κ3) is 6.32. The van der Waals surface area contributed by atoms with Crippen molar-refractivity contribution in [3.63, 3.8) is 0 Å². The van der Waals surface area contributed by atoms with Crippen molar-refractivity contribution in [2.75, 3.05) is 20.3 Å². The molecule has 4 unspecified atom stereocenters. The van der Waals surface area contributed by atoms with E-state index in [1.54, 1.807) is 0 Å². The van der Waals surface area contributed by atoms with Gasteiger partial charge in [0.25, 0.3) is 0 Å². The number of esters is 1. The summed E-state index contributed by atoms with van der Waals surface area (Å²) < 4.78 is 11.7. The number of hydrogen-bond acceptors (Lipinski definition) is 9. The monoisotopic (exact) mass is 691 g/mol. The summed E-state index contributed by atoms with van der Waals surface area (Å²) in [5.41, 5.74) is 0.328. The number of carboxylic acids is 1. The molecule has 10 heteroatoms. The summed E-state index contributed by atoms with van der Waals surface area (Å²) in [5.74, 6) is 0.0688. The summed E-state index contributed by atoms with van der Waals surface area (Å²) >= 11 is 0. The molecule has 0 bridgehead atoms. The van der Waals surface area contributed by atoms with Crippen molar-refractivity contribution in [2.24, 2.45) is 50.7 Å². The maximum atomic E-state index is 13.4. The third-order valence-electron chi connectivity index (χ3n) is 15.7. The summed E-state index contributed by atoms with van der Waals surface area (Å²) in [6, 6.07) is 0. The molecule has 5 fully saturated rings. The molecule has 4 saturated carbocycles. The minimum absolute atomic E-state index is 0.0415. The maximum absolute atomic E-state index is 13.4. The molecule has 0 spiro atoms. The van der Waals surface area contributed by atoms with E-state index in [9.17, 15) is 30.0 Å². The van der Waals surface area contributed by atoms with Crippen molar-refractivity contribution in [3.8, 4) is 0 Å². The molecule has 5 rings (SSSR count). The molecule has 0 radical (unpaired) electrons. The summed E-state index contributed by atoms with van der Waals surface area (Å²) in [5, 5.41) is 42.2. The van der Waals surface area contributed by atoms with Gasteiger partial charge < -0.3 is 29.9 Å². The fourth-order valence-electron chi connectivity index (χ4n) is 12.3. The first kappa shape index (κ1) is 38.7. The second-order valence-electron chi connectivity index (χ2n) is 18.1. The van der Waals surface area contributed by atoms with Gasteiger partial charge in [-0.15, -0.1) is 5.06 Å². The molecule has 49 heavy (non-hydrogen) atoms. The Morgan fingerprint density at radius 1 is 0.918 bits per heavy atom. The van der Waals surface area contributed by atoms with Gasteiger partial charge in [-0.1, -0.05) is 60.1 Å². The fourth-order valence-corrected chi connectivity index (χ4v) is 12.3. The molecule has 5 aliphatic rings. The van der Waals surface area contributed by atoms with Crippen LogP contribution in [0, 0.1) is 50.7 Å². The fraction of sp³-hybridized carbons (Fsp3) is 0.897. The Morgan fingerprint density at radius 2 is 1.61 bits per heavy atom. The van der Waals surface area contributed by atoms with Crippen LogP contribution < -0.4 is 0 Å². The molecule has 13 atom stereocenters. The SMILES string of the molecule is C=C(C)[C@@H]1CC[C@@](CC[C@]2(C)CCCC3[C@@]4(C)CC[C@H](OC(=O)CN(OC)[C@@H]5OC[C@@H](O)C(O)[C@@H]5O)C(C)(C)C4CC[C@]32C)(C(=O)O)C1C. The van der Waals surface area contributed by atoms with Crippen molar-refractivity contribution in [1.29, 1.82) is 0 Å². The quantitative estimate of drug-likeness (QED) is 0.127. The number of hydroxylamine groups is 2. The van der Waals surface area contributed by atoms with Crippen LogP contribution in [0.1, 0.15) is 119 Å². The van der Waals surface area contributed by atoms with Crippen LogP contribution in [0.15, 0.2) is 12.2 Å². The minimum atomic E-state index is -1.45. The van der Waals surface area contributed by atoms with E-state index in [-0.39, 0.29) is 52.8 Å². The highest BCUT2D eigenvalue weighted by Gasteiger charge is 2.66. The van der Waals surface area contributed by atoms with Crippen molar-refractivity contribution in [2.45, 2.75) is 150 Å². The molecule has 4 aliphatic carbocycles. The second kappa shape index (κ2) is 13.8. The Balaban J connectivity index is 1.29. The first-order valence-corrected chi connectivity index (χ1v) is 18.8. The number of ether oxygens (including phenoxy) is 2. The van der Waals surface area contributed by atoms with Crippen LogP contribution in [-0.4, -0.2) is 88.3 Å². The second-order valence-corrected chi connectivity index (χ2v) is 18.1. The zero-order valence-corrected chi connectivity index (χ0v) is 31.4. The van der Waals surface area contributed by atoms with Gasteiger partial charge in [0.05, 0.1) is 19.1 Å². The molecule has 0 aromatic rings. The predicted octanol–water partition coefficient (Wildman–Crippen LogP) is 5.72. The normalized spacial score (nSPS) is 46.5. The zero-order chi connectivity index (χ0) is 36.3. The predicted molar refractivity (Wildman–Crippen MR) is 185 cm³/mol. The lowest BCUT2D eigenvalue weighted by Gasteiger charge is -2.69. The Bertz CT molecular complexity index is 1260. The molecule has 1 aliphatic heterocycles. The van der Waals surface area contributed by atoms with Crippen LogP contribution in [0.4, 0.5) is 0 Å². The third-order valence-corrected chi connectivity index (χ3v) is 15.7. The summed E-state index contributed by atoms with van der Waals surface area (Å²) in [6.07, 6.45) is 5.04. The summed E-state index contributed by atoms with van der Waals surface area (Å²) in [4.78, 5) is 31.7. The molecule has 1 saturated heterocycles. The van der Waals surface area contributed by atoms with E-state index in [2.05, 4.69) is 48.1 Å².